The Morgan fingerprint density at radius 3 is 2.71 bits per heavy atom. The fourth-order valence-electron chi connectivity index (χ4n) is 2.67. The number of benzene rings is 1. The van der Waals surface area contributed by atoms with E-state index in [4.69, 9.17) is 14.7 Å². The summed E-state index contributed by atoms with van der Waals surface area (Å²) in [6.07, 6.45) is 1.71. The number of thiophene rings is 1. The summed E-state index contributed by atoms with van der Waals surface area (Å²) in [4.78, 5) is 25.7. The predicted molar refractivity (Wildman–Crippen MR) is 119 cm³/mol. The van der Waals surface area contributed by atoms with Gasteiger partial charge in [-0.1, -0.05) is 19.9 Å². The second kappa shape index (κ2) is 12.3. The highest BCUT2D eigenvalue weighted by molar-refractivity contribution is 7.10. The van der Waals surface area contributed by atoms with Gasteiger partial charge in [0, 0.05) is 4.88 Å². The van der Waals surface area contributed by atoms with E-state index in [1.807, 2.05) is 44.4 Å². The second-order valence-electron chi connectivity index (χ2n) is 6.87. The predicted octanol–water partition coefficient (Wildman–Crippen LogP) is 2.88. The van der Waals surface area contributed by atoms with Crippen LogP contribution in [0.4, 0.5) is 0 Å². The number of ether oxygens (including phenoxy) is 2. The lowest BCUT2D eigenvalue weighted by molar-refractivity contribution is -0.129. The zero-order chi connectivity index (χ0) is 22.6. The van der Waals surface area contributed by atoms with Gasteiger partial charge in [0.25, 0.3) is 5.91 Å². The van der Waals surface area contributed by atoms with E-state index in [2.05, 4.69) is 15.8 Å². The van der Waals surface area contributed by atoms with E-state index in [-0.39, 0.29) is 24.9 Å². The second-order valence-corrected chi connectivity index (χ2v) is 7.90. The Bertz CT molecular complexity index is 935. The van der Waals surface area contributed by atoms with Crippen molar-refractivity contribution in [3.8, 4) is 17.6 Å². The normalized spacial score (nSPS) is 11.7. The molecule has 2 amide bonds. The molecule has 0 saturated heterocycles. The minimum Gasteiger partial charge on any atom is -0.490 e. The van der Waals surface area contributed by atoms with E-state index in [0.717, 1.165) is 4.88 Å². The third-order valence-electron chi connectivity index (χ3n) is 4.13. The molecule has 1 heterocycles. The topological polar surface area (TPSA) is 113 Å². The number of carbonyl (C=O) groups excluding carboxylic acids is 2. The average Bonchev–Trinajstić information content (AvgIpc) is 3.24. The van der Waals surface area contributed by atoms with E-state index >= 15 is 0 Å². The molecule has 2 rings (SSSR count). The van der Waals surface area contributed by atoms with Crippen LogP contribution in [0.5, 0.6) is 11.5 Å². The fraction of sp³-hybridized carbons (Fsp3) is 0.364. The molecule has 0 radical (unpaired) electrons. The number of hydrogen-bond acceptors (Lipinski definition) is 7. The van der Waals surface area contributed by atoms with Crippen LogP contribution in [0.2, 0.25) is 0 Å². The van der Waals surface area contributed by atoms with Crippen LogP contribution in [0.15, 0.2) is 40.8 Å². The standard InChI is InChI=1S/C22H26N4O4S/c1-4-29-19-12-16(7-8-18(19)30-10-9-23)14-24-26-22(28)21(15(2)3)25-20(27)13-17-6-5-11-31-17/h5-8,11-12,14-15,21H,4,10,13H2,1-3H3,(H,25,27)(H,26,28)/b24-14+. The number of hydrazone groups is 1. The van der Waals surface area contributed by atoms with Crippen LogP contribution >= 0.6 is 11.3 Å². The Morgan fingerprint density at radius 2 is 2.06 bits per heavy atom. The molecular weight excluding hydrogens is 416 g/mol. The first kappa shape index (κ1) is 23.9. The van der Waals surface area contributed by atoms with Crippen molar-refractivity contribution >= 4 is 29.4 Å². The quantitative estimate of drug-likeness (QED) is 0.410. The highest BCUT2D eigenvalue weighted by Crippen LogP contribution is 2.28. The smallest absolute Gasteiger partial charge is 0.262 e. The van der Waals surface area contributed by atoms with Crippen molar-refractivity contribution in [1.82, 2.24) is 10.7 Å². The number of hydrogen-bond donors (Lipinski definition) is 2. The van der Waals surface area contributed by atoms with Gasteiger partial charge in [-0.25, -0.2) is 5.43 Å². The summed E-state index contributed by atoms with van der Waals surface area (Å²) in [7, 11) is 0. The minimum atomic E-state index is -0.703. The molecule has 2 N–H and O–H groups in total. The lowest BCUT2D eigenvalue weighted by Gasteiger charge is -2.20. The van der Waals surface area contributed by atoms with Gasteiger partial charge in [-0.05, 0) is 48.1 Å². The number of amides is 2. The highest BCUT2D eigenvalue weighted by atomic mass is 32.1. The summed E-state index contributed by atoms with van der Waals surface area (Å²) in [5.74, 6) is 0.217. The molecular formula is C22H26N4O4S. The SMILES string of the molecule is CCOc1cc(/C=N/NC(=O)C(NC(=O)Cc2cccs2)C(C)C)ccc1OCC#N. The van der Waals surface area contributed by atoms with E-state index in [9.17, 15) is 9.59 Å². The van der Waals surface area contributed by atoms with Gasteiger partial charge in [0.05, 0.1) is 19.2 Å². The molecule has 0 bridgehead atoms. The van der Waals surface area contributed by atoms with E-state index < -0.39 is 11.9 Å². The maximum Gasteiger partial charge on any atom is 0.262 e. The summed E-state index contributed by atoms with van der Waals surface area (Å²) in [5, 5.41) is 17.3. The van der Waals surface area contributed by atoms with Crippen LogP contribution in [0, 0.1) is 17.2 Å². The summed E-state index contributed by atoms with van der Waals surface area (Å²) in [6, 6.07) is 10.1. The van der Waals surface area contributed by atoms with Crippen molar-refractivity contribution in [3.05, 3.63) is 46.2 Å². The molecule has 1 unspecified atom stereocenters. The first-order valence-electron chi connectivity index (χ1n) is 9.85. The Morgan fingerprint density at radius 1 is 1.26 bits per heavy atom. The fourth-order valence-corrected chi connectivity index (χ4v) is 3.38. The Balaban J connectivity index is 1.98. The molecule has 1 atom stereocenters. The van der Waals surface area contributed by atoms with Crippen molar-refractivity contribution < 1.29 is 19.1 Å². The van der Waals surface area contributed by atoms with Gasteiger partial charge in [-0.3, -0.25) is 9.59 Å². The molecule has 0 fully saturated rings. The van der Waals surface area contributed by atoms with Crippen molar-refractivity contribution in [2.24, 2.45) is 11.0 Å². The number of carbonyl (C=O) groups is 2. The summed E-state index contributed by atoms with van der Waals surface area (Å²) >= 11 is 1.50. The summed E-state index contributed by atoms with van der Waals surface area (Å²) < 4.78 is 10.9. The van der Waals surface area contributed by atoms with Crippen molar-refractivity contribution in [3.63, 3.8) is 0 Å². The Labute approximate surface area is 185 Å². The van der Waals surface area contributed by atoms with Gasteiger partial charge in [-0.15, -0.1) is 11.3 Å². The average molecular weight is 443 g/mol. The zero-order valence-electron chi connectivity index (χ0n) is 17.8. The first-order valence-corrected chi connectivity index (χ1v) is 10.7. The number of nitrogens with zero attached hydrogens (tertiary/aromatic N) is 2. The van der Waals surface area contributed by atoms with Gasteiger partial charge < -0.3 is 14.8 Å². The van der Waals surface area contributed by atoms with Crippen LogP contribution in [-0.2, 0) is 16.0 Å². The minimum absolute atomic E-state index is 0.0850. The Hall–Kier alpha value is -3.38. The Kier molecular flexibility index (Phi) is 9.52. The molecule has 31 heavy (non-hydrogen) atoms. The molecule has 164 valence electrons. The maximum atomic E-state index is 12.5. The maximum absolute atomic E-state index is 12.5. The van der Waals surface area contributed by atoms with Crippen LogP contribution in [0.1, 0.15) is 31.2 Å². The molecule has 0 aliphatic carbocycles. The van der Waals surface area contributed by atoms with Crippen LogP contribution in [0.3, 0.4) is 0 Å². The molecule has 0 aliphatic rings. The number of rotatable bonds is 11. The van der Waals surface area contributed by atoms with Crippen molar-refractivity contribution in [1.29, 1.82) is 5.26 Å². The van der Waals surface area contributed by atoms with Gasteiger partial charge in [0.15, 0.2) is 18.1 Å². The third kappa shape index (κ3) is 7.75. The zero-order valence-corrected chi connectivity index (χ0v) is 18.6. The van der Waals surface area contributed by atoms with Crippen molar-refractivity contribution in [2.45, 2.75) is 33.2 Å². The first-order chi connectivity index (χ1) is 14.9. The van der Waals surface area contributed by atoms with Crippen LogP contribution in [0.25, 0.3) is 0 Å². The third-order valence-corrected chi connectivity index (χ3v) is 5.01. The van der Waals surface area contributed by atoms with E-state index in [1.165, 1.54) is 17.6 Å². The van der Waals surface area contributed by atoms with Gasteiger partial charge in [0.1, 0.15) is 12.1 Å². The molecule has 0 aliphatic heterocycles. The molecule has 8 nitrogen and oxygen atoms in total. The van der Waals surface area contributed by atoms with Crippen LogP contribution in [-0.4, -0.2) is 37.3 Å². The molecule has 9 heteroatoms. The van der Waals surface area contributed by atoms with Gasteiger partial charge in [-0.2, -0.15) is 10.4 Å². The van der Waals surface area contributed by atoms with E-state index in [0.29, 0.717) is 23.7 Å². The number of nitrogens with one attached hydrogen (secondary N) is 2. The van der Waals surface area contributed by atoms with E-state index in [1.54, 1.807) is 18.2 Å². The molecule has 0 saturated carbocycles. The van der Waals surface area contributed by atoms with Crippen molar-refractivity contribution in [2.75, 3.05) is 13.2 Å². The highest BCUT2D eigenvalue weighted by Gasteiger charge is 2.24. The molecule has 2 aromatic rings. The van der Waals surface area contributed by atoms with Gasteiger partial charge in [0.2, 0.25) is 5.91 Å². The lowest BCUT2D eigenvalue weighted by Crippen LogP contribution is -2.49. The largest absolute Gasteiger partial charge is 0.490 e. The lowest BCUT2D eigenvalue weighted by atomic mass is 10.0. The summed E-state index contributed by atoms with van der Waals surface area (Å²) in [5.41, 5.74) is 3.16. The van der Waals surface area contributed by atoms with Gasteiger partial charge >= 0.3 is 0 Å². The molecule has 1 aromatic heterocycles. The van der Waals surface area contributed by atoms with Crippen LogP contribution < -0.4 is 20.2 Å². The number of nitriles is 1. The molecule has 1 aromatic carbocycles. The monoisotopic (exact) mass is 442 g/mol. The molecule has 0 spiro atoms. The summed E-state index contributed by atoms with van der Waals surface area (Å²) in [6.45, 7) is 5.90.